The Morgan fingerprint density at radius 1 is 1.25 bits per heavy atom. The number of rotatable bonds is 4. The minimum absolute atomic E-state index is 0.714. The van der Waals surface area contributed by atoms with Crippen molar-refractivity contribution in [2.24, 2.45) is 5.92 Å². The fraction of sp³-hybridized carbons (Fsp3) is 0.571. The van der Waals surface area contributed by atoms with Gasteiger partial charge in [-0.1, -0.05) is 24.6 Å². The van der Waals surface area contributed by atoms with Crippen LogP contribution in [-0.2, 0) is 0 Å². The Kier molecular flexibility index (Phi) is 3.83. The molecule has 1 fully saturated rings. The zero-order valence-corrected chi connectivity index (χ0v) is 10.3. The second-order valence-electron chi connectivity index (χ2n) is 4.80. The van der Waals surface area contributed by atoms with Crippen LogP contribution in [0, 0.1) is 5.92 Å². The highest BCUT2D eigenvalue weighted by Gasteiger charge is 2.26. The van der Waals surface area contributed by atoms with Crippen molar-refractivity contribution >= 4 is 5.69 Å². The van der Waals surface area contributed by atoms with Gasteiger partial charge in [-0.2, -0.15) is 0 Å². The van der Waals surface area contributed by atoms with Crippen LogP contribution in [0.2, 0.25) is 0 Å². The minimum Gasteiger partial charge on any atom is -0.374 e. The summed E-state index contributed by atoms with van der Waals surface area (Å²) in [4.78, 5) is 2.38. The summed E-state index contributed by atoms with van der Waals surface area (Å²) in [5.74, 6) is 0.801. The summed E-state index contributed by atoms with van der Waals surface area (Å²) < 4.78 is 0. The van der Waals surface area contributed by atoms with Gasteiger partial charge >= 0.3 is 0 Å². The smallest absolute Gasteiger partial charge is 0.0363 e. The maximum Gasteiger partial charge on any atom is 0.0363 e. The van der Waals surface area contributed by atoms with Crippen LogP contribution in [0.1, 0.15) is 19.3 Å². The molecule has 0 bridgehead atoms. The highest BCUT2D eigenvalue weighted by atomic mass is 15.1. The quantitative estimate of drug-likeness (QED) is 0.835. The van der Waals surface area contributed by atoms with Gasteiger partial charge in [0, 0.05) is 25.3 Å². The van der Waals surface area contributed by atoms with Gasteiger partial charge in [0.1, 0.15) is 0 Å². The fourth-order valence-corrected chi connectivity index (χ4v) is 2.78. The molecule has 2 nitrogen and oxygen atoms in total. The first-order chi connectivity index (χ1) is 7.81. The molecule has 2 unspecified atom stereocenters. The molecule has 2 heteroatoms. The van der Waals surface area contributed by atoms with Crippen LogP contribution in [0.25, 0.3) is 0 Å². The van der Waals surface area contributed by atoms with Gasteiger partial charge in [-0.25, -0.2) is 0 Å². The first-order valence-corrected chi connectivity index (χ1v) is 6.24. The van der Waals surface area contributed by atoms with Gasteiger partial charge < -0.3 is 10.2 Å². The first-order valence-electron chi connectivity index (χ1n) is 6.24. The lowest BCUT2D eigenvalue weighted by Crippen LogP contribution is -2.36. The Morgan fingerprint density at radius 2 is 2.00 bits per heavy atom. The molecule has 1 saturated carbocycles. The molecule has 1 aromatic carbocycles. The third kappa shape index (κ3) is 2.56. The SMILES string of the molecule is CNC1CCCC1CN(C)c1ccccc1. The molecular formula is C14H22N2. The Morgan fingerprint density at radius 3 is 2.69 bits per heavy atom. The Hall–Kier alpha value is -1.02. The monoisotopic (exact) mass is 218 g/mol. The molecule has 0 aliphatic heterocycles. The number of benzene rings is 1. The molecule has 1 aliphatic rings. The molecule has 16 heavy (non-hydrogen) atoms. The van der Waals surface area contributed by atoms with Gasteiger partial charge in [0.15, 0.2) is 0 Å². The van der Waals surface area contributed by atoms with E-state index >= 15 is 0 Å². The summed E-state index contributed by atoms with van der Waals surface area (Å²) in [6.45, 7) is 1.16. The molecule has 0 heterocycles. The highest BCUT2D eigenvalue weighted by molar-refractivity contribution is 5.45. The molecule has 0 saturated heterocycles. The number of hydrogen-bond donors (Lipinski definition) is 1. The van der Waals surface area contributed by atoms with Crippen molar-refractivity contribution in [2.45, 2.75) is 25.3 Å². The van der Waals surface area contributed by atoms with Crippen LogP contribution in [0.3, 0.4) is 0 Å². The third-order valence-corrected chi connectivity index (χ3v) is 3.74. The maximum atomic E-state index is 3.44. The molecule has 0 radical (unpaired) electrons. The molecule has 1 aromatic rings. The van der Waals surface area contributed by atoms with Crippen molar-refractivity contribution in [1.29, 1.82) is 0 Å². The molecule has 0 aromatic heterocycles. The zero-order valence-electron chi connectivity index (χ0n) is 10.3. The molecule has 0 spiro atoms. The van der Waals surface area contributed by atoms with Crippen molar-refractivity contribution in [3.05, 3.63) is 30.3 Å². The van der Waals surface area contributed by atoms with E-state index in [1.54, 1.807) is 0 Å². The van der Waals surface area contributed by atoms with Crippen LogP contribution in [0.4, 0.5) is 5.69 Å². The molecule has 2 rings (SSSR count). The largest absolute Gasteiger partial charge is 0.374 e. The van der Waals surface area contributed by atoms with E-state index in [9.17, 15) is 0 Å². The second-order valence-corrected chi connectivity index (χ2v) is 4.80. The summed E-state index contributed by atoms with van der Waals surface area (Å²) in [5.41, 5.74) is 1.32. The lowest BCUT2D eigenvalue weighted by Gasteiger charge is -2.27. The van der Waals surface area contributed by atoms with Gasteiger partial charge in [-0.15, -0.1) is 0 Å². The van der Waals surface area contributed by atoms with E-state index in [4.69, 9.17) is 0 Å². The van der Waals surface area contributed by atoms with Gasteiger partial charge in [0.2, 0.25) is 0 Å². The molecule has 1 N–H and O–H groups in total. The second kappa shape index (κ2) is 5.35. The molecule has 1 aliphatic carbocycles. The Labute approximate surface area is 98.7 Å². The van der Waals surface area contributed by atoms with Crippen LogP contribution in [0.15, 0.2) is 30.3 Å². The van der Waals surface area contributed by atoms with E-state index in [0.29, 0.717) is 6.04 Å². The predicted molar refractivity (Wildman–Crippen MR) is 69.9 cm³/mol. The number of nitrogens with one attached hydrogen (secondary N) is 1. The van der Waals surface area contributed by atoms with Crippen molar-refractivity contribution in [2.75, 3.05) is 25.5 Å². The van der Waals surface area contributed by atoms with Crippen molar-refractivity contribution in [3.8, 4) is 0 Å². The average molecular weight is 218 g/mol. The van der Waals surface area contributed by atoms with E-state index < -0.39 is 0 Å². The van der Waals surface area contributed by atoms with Crippen LogP contribution in [0.5, 0.6) is 0 Å². The lowest BCUT2D eigenvalue weighted by molar-refractivity contribution is 0.428. The normalized spacial score (nSPS) is 24.6. The Bertz CT molecular complexity index is 310. The topological polar surface area (TPSA) is 15.3 Å². The van der Waals surface area contributed by atoms with Gasteiger partial charge in [-0.3, -0.25) is 0 Å². The van der Waals surface area contributed by atoms with Crippen LogP contribution >= 0.6 is 0 Å². The number of hydrogen-bond acceptors (Lipinski definition) is 2. The summed E-state index contributed by atoms with van der Waals surface area (Å²) in [5, 5.41) is 3.44. The van der Waals surface area contributed by atoms with Gasteiger partial charge in [0.05, 0.1) is 0 Å². The minimum atomic E-state index is 0.714. The summed E-state index contributed by atoms with van der Waals surface area (Å²) in [7, 11) is 4.28. The maximum absolute atomic E-state index is 3.44. The summed E-state index contributed by atoms with van der Waals surface area (Å²) in [6.07, 6.45) is 4.07. The molecule has 2 atom stereocenters. The van der Waals surface area contributed by atoms with E-state index in [0.717, 1.165) is 12.5 Å². The predicted octanol–water partition coefficient (Wildman–Crippen LogP) is 2.51. The standard InChI is InChI=1S/C14H22N2/c1-15-14-10-6-7-12(14)11-16(2)13-8-4-3-5-9-13/h3-5,8-9,12,14-15H,6-7,10-11H2,1-2H3. The number of para-hydroxylation sites is 1. The van der Waals surface area contributed by atoms with Gasteiger partial charge in [-0.05, 0) is 37.9 Å². The molecule has 88 valence electrons. The number of anilines is 1. The third-order valence-electron chi connectivity index (χ3n) is 3.74. The summed E-state index contributed by atoms with van der Waals surface area (Å²) in [6, 6.07) is 11.4. The molecular weight excluding hydrogens is 196 g/mol. The molecule has 0 amide bonds. The van der Waals surface area contributed by atoms with E-state index in [-0.39, 0.29) is 0 Å². The van der Waals surface area contributed by atoms with Gasteiger partial charge in [0.25, 0.3) is 0 Å². The Balaban J connectivity index is 1.94. The fourth-order valence-electron chi connectivity index (χ4n) is 2.78. The average Bonchev–Trinajstić information content (AvgIpc) is 2.77. The van der Waals surface area contributed by atoms with E-state index in [1.807, 2.05) is 0 Å². The van der Waals surface area contributed by atoms with Crippen molar-refractivity contribution < 1.29 is 0 Å². The van der Waals surface area contributed by atoms with E-state index in [2.05, 4.69) is 54.6 Å². The van der Waals surface area contributed by atoms with Crippen LogP contribution < -0.4 is 10.2 Å². The summed E-state index contributed by atoms with van der Waals surface area (Å²) >= 11 is 0. The first kappa shape index (κ1) is 11.5. The zero-order chi connectivity index (χ0) is 11.4. The van der Waals surface area contributed by atoms with Crippen LogP contribution in [-0.4, -0.2) is 26.7 Å². The number of nitrogens with zero attached hydrogens (tertiary/aromatic N) is 1. The van der Waals surface area contributed by atoms with E-state index in [1.165, 1.54) is 24.9 Å². The van der Waals surface area contributed by atoms with Crippen molar-refractivity contribution in [3.63, 3.8) is 0 Å². The lowest BCUT2D eigenvalue weighted by atomic mass is 10.0. The van der Waals surface area contributed by atoms with Crippen molar-refractivity contribution in [1.82, 2.24) is 5.32 Å². The highest BCUT2D eigenvalue weighted by Crippen LogP contribution is 2.27.